The molecule has 19 heavy (non-hydrogen) atoms. The average molecular weight is 348 g/mol. The van der Waals surface area contributed by atoms with Gasteiger partial charge in [0.25, 0.3) is 0 Å². The van der Waals surface area contributed by atoms with Crippen molar-refractivity contribution >= 4 is 25.8 Å². The van der Waals surface area contributed by atoms with E-state index in [0.717, 1.165) is 27.8 Å². The Balaban J connectivity index is 2.24. The largest absolute Gasteiger partial charge is 0.493 e. The second-order valence-electron chi connectivity index (χ2n) is 5.05. The minimum Gasteiger partial charge on any atom is -0.493 e. The van der Waals surface area contributed by atoms with Gasteiger partial charge in [-0.25, -0.2) is 8.42 Å². The summed E-state index contributed by atoms with van der Waals surface area (Å²) in [6, 6.07) is 3.82. The van der Waals surface area contributed by atoms with Gasteiger partial charge in [-0.1, -0.05) is 22.9 Å². The van der Waals surface area contributed by atoms with E-state index in [1.807, 2.05) is 19.1 Å². The number of ether oxygens (including phenoxy) is 1. The lowest BCUT2D eigenvalue weighted by Gasteiger charge is -2.12. The third kappa shape index (κ3) is 3.70. The monoisotopic (exact) mass is 347 g/mol. The number of fused-ring (bicyclic) bond motifs is 1. The second-order valence-corrected chi connectivity index (χ2v) is 8.07. The van der Waals surface area contributed by atoms with Crippen molar-refractivity contribution in [3.63, 3.8) is 0 Å². The van der Waals surface area contributed by atoms with Crippen LogP contribution in [0.5, 0.6) is 5.75 Å². The first-order valence-corrected chi connectivity index (χ1v) is 8.87. The van der Waals surface area contributed by atoms with Gasteiger partial charge in [0.15, 0.2) is 9.84 Å². The molecule has 1 atom stereocenters. The molecule has 0 saturated heterocycles. The van der Waals surface area contributed by atoms with Crippen LogP contribution in [0, 0.1) is 5.92 Å². The summed E-state index contributed by atoms with van der Waals surface area (Å²) >= 11 is 3.42. The lowest BCUT2D eigenvalue weighted by Crippen LogP contribution is -2.22. The van der Waals surface area contributed by atoms with Crippen LogP contribution in [0.3, 0.4) is 0 Å². The van der Waals surface area contributed by atoms with Gasteiger partial charge in [0.05, 0.1) is 18.1 Å². The molecule has 0 radical (unpaired) electrons. The fraction of sp³-hybridized carbons (Fsp3) is 0.538. The summed E-state index contributed by atoms with van der Waals surface area (Å²) in [4.78, 5) is 0. The molecule has 6 heteroatoms. The molecule has 1 aromatic rings. The number of benzene rings is 1. The van der Waals surface area contributed by atoms with Gasteiger partial charge in [-0.05, 0) is 30.2 Å². The predicted molar refractivity (Wildman–Crippen MR) is 79.1 cm³/mol. The van der Waals surface area contributed by atoms with E-state index in [4.69, 9.17) is 10.5 Å². The van der Waals surface area contributed by atoms with Gasteiger partial charge >= 0.3 is 0 Å². The highest BCUT2D eigenvalue weighted by molar-refractivity contribution is 9.10. The van der Waals surface area contributed by atoms with Crippen LogP contribution in [0.1, 0.15) is 18.1 Å². The van der Waals surface area contributed by atoms with Crippen LogP contribution >= 0.6 is 15.9 Å². The number of hydrogen-bond donors (Lipinski definition) is 1. The normalized spacial score (nSPS) is 15.9. The minimum atomic E-state index is -3.17. The number of halogens is 1. The molecule has 1 unspecified atom stereocenters. The lowest BCUT2D eigenvalue weighted by atomic mass is 10.1. The Morgan fingerprint density at radius 2 is 2.21 bits per heavy atom. The molecule has 2 N–H and O–H groups in total. The Hall–Kier alpha value is -0.590. The summed E-state index contributed by atoms with van der Waals surface area (Å²) in [6.45, 7) is 2.85. The molecule has 0 bridgehead atoms. The first kappa shape index (κ1) is 14.8. The fourth-order valence-corrected chi connectivity index (χ4v) is 4.61. The van der Waals surface area contributed by atoms with E-state index in [2.05, 4.69) is 15.9 Å². The van der Waals surface area contributed by atoms with Crippen LogP contribution in [0.25, 0.3) is 0 Å². The highest BCUT2D eigenvalue weighted by atomic mass is 79.9. The zero-order valence-electron chi connectivity index (χ0n) is 10.9. The number of rotatable bonds is 5. The van der Waals surface area contributed by atoms with Crippen LogP contribution in [0.2, 0.25) is 0 Å². The van der Waals surface area contributed by atoms with Crippen molar-refractivity contribution in [2.24, 2.45) is 11.7 Å². The quantitative estimate of drug-likeness (QED) is 0.882. The van der Waals surface area contributed by atoms with Crippen molar-refractivity contribution in [2.45, 2.75) is 19.1 Å². The van der Waals surface area contributed by atoms with Gasteiger partial charge in [0.2, 0.25) is 0 Å². The van der Waals surface area contributed by atoms with Gasteiger partial charge in [-0.2, -0.15) is 0 Å². The zero-order chi connectivity index (χ0) is 14.0. The van der Waals surface area contributed by atoms with Crippen molar-refractivity contribution < 1.29 is 13.2 Å². The summed E-state index contributed by atoms with van der Waals surface area (Å²) in [5.74, 6) is 0.850. The smallest absolute Gasteiger partial charge is 0.154 e. The molecular weight excluding hydrogens is 330 g/mol. The Morgan fingerprint density at radius 1 is 1.47 bits per heavy atom. The molecule has 1 aliphatic rings. The maximum atomic E-state index is 12.2. The number of hydrogen-bond acceptors (Lipinski definition) is 4. The SMILES string of the molecule is CC(CN)CS(=O)(=O)Cc1cc(Br)cc2c1OCC2. The van der Waals surface area contributed by atoms with Crippen molar-refractivity contribution in [3.8, 4) is 5.75 Å². The maximum Gasteiger partial charge on any atom is 0.154 e. The molecular formula is C13H18BrNO3S. The molecule has 106 valence electrons. The van der Waals surface area contributed by atoms with Crippen LogP contribution in [-0.2, 0) is 22.0 Å². The summed E-state index contributed by atoms with van der Waals surface area (Å²) in [6.07, 6.45) is 0.834. The third-order valence-electron chi connectivity index (χ3n) is 3.14. The standard InChI is InChI=1S/C13H18BrNO3S/c1-9(6-15)7-19(16,17)8-11-5-12(14)4-10-2-3-18-13(10)11/h4-5,9H,2-3,6-8,15H2,1H3. The number of nitrogens with two attached hydrogens (primary N) is 1. The fourth-order valence-electron chi connectivity index (χ4n) is 2.25. The van der Waals surface area contributed by atoms with Crippen molar-refractivity contribution in [1.82, 2.24) is 0 Å². The van der Waals surface area contributed by atoms with Crippen molar-refractivity contribution in [1.29, 1.82) is 0 Å². The molecule has 1 aromatic carbocycles. The van der Waals surface area contributed by atoms with Crippen molar-refractivity contribution in [3.05, 3.63) is 27.7 Å². The van der Waals surface area contributed by atoms with E-state index in [0.29, 0.717) is 13.2 Å². The summed E-state index contributed by atoms with van der Waals surface area (Å²) in [7, 11) is -3.17. The van der Waals surface area contributed by atoms with Crippen LogP contribution in [0.4, 0.5) is 0 Å². The Kier molecular flexibility index (Phi) is 4.53. The highest BCUT2D eigenvalue weighted by Gasteiger charge is 2.23. The topological polar surface area (TPSA) is 69.4 Å². The Morgan fingerprint density at radius 3 is 2.89 bits per heavy atom. The molecule has 0 spiro atoms. The van der Waals surface area contributed by atoms with Gasteiger partial charge in [0, 0.05) is 16.5 Å². The molecule has 0 saturated carbocycles. The van der Waals surface area contributed by atoms with E-state index < -0.39 is 9.84 Å². The lowest BCUT2D eigenvalue weighted by molar-refractivity contribution is 0.354. The first-order valence-electron chi connectivity index (χ1n) is 6.26. The van der Waals surface area contributed by atoms with Gasteiger partial charge in [-0.3, -0.25) is 0 Å². The molecule has 1 aliphatic heterocycles. The van der Waals surface area contributed by atoms with Gasteiger partial charge in [0.1, 0.15) is 5.75 Å². The minimum absolute atomic E-state index is 0.0130. The van der Waals surface area contributed by atoms with E-state index in [9.17, 15) is 8.42 Å². The van der Waals surface area contributed by atoms with Crippen LogP contribution in [-0.4, -0.2) is 27.3 Å². The van der Waals surface area contributed by atoms with Gasteiger partial charge < -0.3 is 10.5 Å². The van der Waals surface area contributed by atoms with Crippen LogP contribution < -0.4 is 10.5 Å². The second kappa shape index (κ2) is 5.81. The molecule has 0 aliphatic carbocycles. The summed E-state index contributed by atoms with van der Waals surface area (Å²) in [5, 5.41) is 0. The van der Waals surface area contributed by atoms with Crippen molar-refractivity contribution in [2.75, 3.05) is 18.9 Å². The van der Waals surface area contributed by atoms with E-state index in [1.165, 1.54) is 0 Å². The summed E-state index contributed by atoms with van der Waals surface area (Å²) < 4.78 is 30.8. The maximum absolute atomic E-state index is 12.2. The van der Waals surface area contributed by atoms with Gasteiger partial charge in [-0.15, -0.1) is 0 Å². The van der Waals surface area contributed by atoms with E-state index in [1.54, 1.807) is 0 Å². The van der Waals surface area contributed by atoms with Crippen LogP contribution in [0.15, 0.2) is 16.6 Å². The average Bonchev–Trinajstić information content (AvgIpc) is 2.75. The zero-order valence-corrected chi connectivity index (χ0v) is 13.3. The Labute approximate surface area is 122 Å². The van der Waals surface area contributed by atoms with E-state index in [-0.39, 0.29) is 17.4 Å². The molecule has 0 aromatic heterocycles. The molecule has 0 amide bonds. The molecule has 1 heterocycles. The summed E-state index contributed by atoms with van der Waals surface area (Å²) in [5.41, 5.74) is 7.31. The number of sulfone groups is 1. The molecule has 4 nitrogen and oxygen atoms in total. The van der Waals surface area contributed by atoms with E-state index >= 15 is 0 Å². The predicted octanol–water partition coefficient (Wildman–Crippen LogP) is 1.89. The highest BCUT2D eigenvalue weighted by Crippen LogP contribution is 2.34. The first-order chi connectivity index (χ1) is 8.91. The molecule has 2 rings (SSSR count). The molecule has 0 fully saturated rings. The third-order valence-corrected chi connectivity index (χ3v) is 5.43. The Bertz CT molecular complexity index is 571.